The van der Waals surface area contributed by atoms with E-state index in [1.54, 1.807) is 4.90 Å². The maximum Gasteiger partial charge on any atom is 0.246 e. The molecule has 0 radical (unpaired) electrons. The second-order valence-electron chi connectivity index (χ2n) is 13.2. The fraction of sp³-hybridized carbons (Fsp3) is 0.821. The third-order valence-electron chi connectivity index (χ3n) is 9.29. The molecule has 0 aromatic rings. The third kappa shape index (κ3) is 5.49. The Bertz CT molecular complexity index is 974. The number of rotatable bonds is 7. The highest BCUT2D eigenvalue weighted by Gasteiger charge is 2.69. The van der Waals surface area contributed by atoms with Gasteiger partial charge in [-0.25, -0.2) is 0 Å². The van der Waals surface area contributed by atoms with Crippen molar-refractivity contribution in [3.63, 3.8) is 0 Å². The maximum absolute atomic E-state index is 14.0. The second kappa shape index (κ2) is 10.3. The molecule has 0 aromatic heterocycles. The number of hydrogen-bond donors (Lipinski definition) is 3. The van der Waals surface area contributed by atoms with E-state index in [0.29, 0.717) is 19.5 Å². The summed E-state index contributed by atoms with van der Waals surface area (Å²) in [5.74, 6) is -0.901. The van der Waals surface area contributed by atoms with Crippen LogP contribution in [0.5, 0.6) is 0 Å². The zero-order valence-corrected chi connectivity index (χ0v) is 22.9. The van der Waals surface area contributed by atoms with Crippen LogP contribution in [0.25, 0.3) is 0 Å². The van der Waals surface area contributed by atoms with E-state index in [0.717, 1.165) is 32.1 Å². The van der Waals surface area contributed by atoms with Crippen molar-refractivity contribution >= 4 is 23.6 Å². The zero-order valence-electron chi connectivity index (χ0n) is 22.9. The van der Waals surface area contributed by atoms with Gasteiger partial charge < -0.3 is 20.9 Å². The molecule has 2 saturated heterocycles. The number of hydrogen-bond acceptors (Lipinski definition) is 5. The van der Waals surface area contributed by atoms with Gasteiger partial charge in [0.05, 0.1) is 6.07 Å². The summed E-state index contributed by atoms with van der Waals surface area (Å²) in [6.45, 7) is 11.1. The van der Waals surface area contributed by atoms with E-state index in [1.165, 1.54) is 0 Å². The summed E-state index contributed by atoms with van der Waals surface area (Å²) in [6, 6.07) is -0.109. The van der Waals surface area contributed by atoms with Crippen molar-refractivity contribution in [3.05, 3.63) is 0 Å². The molecule has 4 fully saturated rings. The Labute approximate surface area is 220 Å². The van der Waals surface area contributed by atoms with E-state index in [4.69, 9.17) is 0 Å². The van der Waals surface area contributed by atoms with Gasteiger partial charge in [0.1, 0.15) is 18.1 Å². The van der Waals surface area contributed by atoms with Crippen LogP contribution in [0.3, 0.4) is 0 Å². The molecule has 0 bridgehead atoms. The molecular formula is C28H43N5O4. The third-order valence-corrected chi connectivity index (χ3v) is 9.29. The number of carbonyl (C=O) groups is 4. The average molecular weight is 514 g/mol. The SMILES string of the molecule is CC(C)(C)C(NC(=O)C1CCCCC1)C(=O)N1CC2[C@@H]([C@H]1C(=O)N[C@H](C#N)C[C@@H]1CCNC1=O)C2(C)C. The number of nitrogens with zero attached hydrogens (tertiary/aromatic N) is 2. The number of amides is 4. The summed E-state index contributed by atoms with van der Waals surface area (Å²) in [4.78, 5) is 54.4. The van der Waals surface area contributed by atoms with Gasteiger partial charge >= 0.3 is 0 Å². The van der Waals surface area contributed by atoms with Crippen LogP contribution in [0.4, 0.5) is 0 Å². The average Bonchev–Trinajstić information content (AvgIpc) is 3.20. The summed E-state index contributed by atoms with van der Waals surface area (Å²) < 4.78 is 0. The monoisotopic (exact) mass is 513 g/mol. The van der Waals surface area contributed by atoms with Crippen molar-refractivity contribution in [2.75, 3.05) is 13.1 Å². The van der Waals surface area contributed by atoms with Gasteiger partial charge in [0, 0.05) is 24.9 Å². The Balaban J connectivity index is 1.50. The van der Waals surface area contributed by atoms with Gasteiger partial charge in [0.15, 0.2) is 0 Å². The molecule has 9 heteroatoms. The van der Waals surface area contributed by atoms with Gasteiger partial charge in [-0.15, -0.1) is 0 Å². The smallest absolute Gasteiger partial charge is 0.246 e. The number of nitrogens with one attached hydrogen (secondary N) is 3. The number of likely N-dealkylation sites (tertiary alicyclic amines) is 1. The van der Waals surface area contributed by atoms with Crippen LogP contribution in [0.15, 0.2) is 0 Å². The highest BCUT2D eigenvalue weighted by atomic mass is 16.2. The molecule has 4 aliphatic rings. The van der Waals surface area contributed by atoms with Crippen molar-refractivity contribution in [2.45, 2.75) is 97.7 Å². The van der Waals surface area contributed by atoms with Crippen molar-refractivity contribution < 1.29 is 19.2 Å². The molecule has 4 rings (SSSR count). The van der Waals surface area contributed by atoms with Crippen molar-refractivity contribution in [3.8, 4) is 6.07 Å². The molecule has 204 valence electrons. The summed E-state index contributed by atoms with van der Waals surface area (Å²) >= 11 is 0. The van der Waals surface area contributed by atoms with Gasteiger partial charge in [-0.05, 0) is 48.3 Å². The van der Waals surface area contributed by atoms with Crippen molar-refractivity contribution in [1.82, 2.24) is 20.9 Å². The molecule has 2 aliphatic carbocycles. The zero-order chi connectivity index (χ0) is 27.1. The van der Waals surface area contributed by atoms with Gasteiger partial charge in [-0.1, -0.05) is 53.9 Å². The fourth-order valence-electron chi connectivity index (χ4n) is 6.81. The largest absolute Gasteiger partial charge is 0.356 e. The van der Waals surface area contributed by atoms with Gasteiger partial charge in [0.2, 0.25) is 23.6 Å². The van der Waals surface area contributed by atoms with Crippen molar-refractivity contribution in [2.24, 2.45) is 34.5 Å². The summed E-state index contributed by atoms with van der Waals surface area (Å²) in [7, 11) is 0. The van der Waals surface area contributed by atoms with E-state index in [-0.39, 0.29) is 59.1 Å². The first-order valence-electron chi connectivity index (χ1n) is 13.9. The minimum absolute atomic E-state index is 0.000219. The quantitative estimate of drug-likeness (QED) is 0.480. The second-order valence-corrected chi connectivity index (χ2v) is 13.2. The predicted octanol–water partition coefficient (Wildman–Crippen LogP) is 2.12. The van der Waals surface area contributed by atoms with Crippen LogP contribution in [0.2, 0.25) is 0 Å². The fourth-order valence-corrected chi connectivity index (χ4v) is 6.81. The van der Waals surface area contributed by atoms with E-state index < -0.39 is 23.5 Å². The van der Waals surface area contributed by atoms with Crippen LogP contribution in [-0.4, -0.2) is 59.7 Å². The molecule has 37 heavy (non-hydrogen) atoms. The minimum atomic E-state index is -0.802. The molecule has 4 amide bonds. The number of nitriles is 1. The predicted molar refractivity (Wildman–Crippen MR) is 138 cm³/mol. The van der Waals surface area contributed by atoms with Crippen LogP contribution in [0, 0.1) is 45.8 Å². The van der Waals surface area contributed by atoms with Crippen LogP contribution in [0.1, 0.15) is 79.6 Å². The number of fused-ring (bicyclic) bond motifs is 1. The highest BCUT2D eigenvalue weighted by Crippen LogP contribution is 2.65. The summed E-state index contributed by atoms with van der Waals surface area (Å²) in [5, 5.41) is 18.4. The Kier molecular flexibility index (Phi) is 7.60. The van der Waals surface area contributed by atoms with E-state index in [1.807, 2.05) is 20.8 Å². The summed E-state index contributed by atoms with van der Waals surface area (Å²) in [6.07, 6.45) is 5.80. The number of piperidine rings is 1. The van der Waals surface area contributed by atoms with Crippen LogP contribution in [-0.2, 0) is 19.2 Å². The van der Waals surface area contributed by atoms with E-state index in [9.17, 15) is 24.4 Å². The Morgan fingerprint density at radius 3 is 2.35 bits per heavy atom. The van der Waals surface area contributed by atoms with Gasteiger partial charge in [-0.2, -0.15) is 5.26 Å². The highest BCUT2D eigenvalue weighted by molar-refractivity contribution is 5.94. The standard InChI is InChI=1S/C28H43N5O4/c1-27(2,3)22(32-24(35)16-9-7-6-8-10-16)26(37)33-15-19-20(28(19,4)5)21(33)25(36)31-18(14-29)13-17-11-12-30-23(17)34/h16-22H,6-13,15H2,1-5H3,(H,30,34)(H,31,36)(H,32,35)/t17-,18-,19?,20-,21-,22?/m0/s1. The maximum atomic E-state index is 14.0. The molecule has 6 atom stereocenters. The molecule has 3 N–H and O–H groups in total. The first-order chi connectivity index (χ1) is 17.4. The lowest BCUT2D eigenvalue weighted by molar-refractivity contribution is -0.146. The first-order valence-corrected chi connectivity index (χ1v) is 13.9. The van der Waals surface area contributed by atoms with E-state index in [2.05, 4.69) is 35.9 Å². The van der Waals surface area contributed by atoms with Gasteiger partial charge in [0.25, 0.3) is 0 Å². The molecule has 2 aliphatic heterocycles. The molecule has 0 spiro atoms. The van der Waals surface area contributed by atoms with Crippen molar-refractivity contribution in [1.29, 1.82) is 5.26 Å². The molecule has 0 aromatic carbocycles. The van der Waals surface area contributed by atoms with E-state index >= 15 is 0 Å². The number of carbonyl (C=O) groups excluding carboxylic acids is 4. The Hall–Kier alpha value is -2.63. The van der Waals surface area contributed by atoms with Gasteiger partial charge in [-0.3, -0.25) is 19.2 Å². The molecule has 2 saturated carbocycles. The Morgan fingerprint density at radius 2 is 1.78 bits per heavy atom. The minimum Gasteiger partial charge on any atom is -0.356 e. The molecule has 9 nitrogen and oxygen atoms in total. The molecule has 2 heterocycles. The lowest BCUT2D eigenvalue weighted by Crippen LogP contribution is -2.60. The normalized spacial score (nSPS) is 30.5. The lowest BCUT2D eigenvalue weighted by atomic mass is 9.83. The lowest BCUT2D eigenvalue weighted by Gasteiger charge is -2.38. The first kappa shape index (κ1) is 27.4. The van der Waals surface area contributed by atoms with Crippen LogP contribution < -0.4 is 16.0 Å². The molecule has 2 unspecified atom stereocenters. The molecular weight excluding hydrogens is 470 g/mol. The Morgan fingerprint density at radius 1 is 1.11 bits per heavy atom. The van der Waals surface area contributed by atoms with Crippen LogP contribution >= 0.6 is 0 Å². The summed E-state index contributed by atoms with van der Waals surface area (Å²) in [5.41, 5.74) is -0.607. The topological polar surface area (TPSA) is 131 Å².